The molecule has 3 heterocycles. The molecule has 0 spiro atoms. The largest absolute Gasteiger partial charge is 0.479 e. The standard InChI is InChI=1S/C12H20N2O3/c1-3-14(9(2)15)12(11(16)17)8-13-6-4-10(12)5-7-13/h10H,3-8H2,1-2H3,(H,16,17). The molecule has 3 aliphatic heterocycles. The lowest BCUT2D eigenvalue weighted by atomic mass is 9.71. The number of likely N-dealkylation sites (N-methyl/N-ethyl adjacent to an activating group) is 1. The minimum Gasteiger partial charge on any atom is -0.479 e. The van der Waals surface area contributed by atoms with Crippen molar-refractivity contribution in [3.8, 4) is 0 Å². The van der Waals surface area contributed by atoms with Crippen LogP contribution in [0.2, 0.25) is 0 Å². The van der Waals surface area contributed by atoms with Gasteiger partial charge in [-0.05, 0) is 38.8 Å². The highest BCUT2D eigenvalue weighted by atomic mass is 16.4. The van der Waals surface area contributed by atoms with Gasteiger partial charge in [0.15, 0.2) is 5.54 Å². The number of rotatable bonds is 3. The zero-order valence-electron chi connectivity index (χ0n) is 10.5. The van der Waals surface area contributed by atoms with Crippen LogP contribution >= 0.6 is 0 Å². The van der Waals surface area contributed by atoms with Gasteiger partial charge in [0, 0.05) is 20.0 Å². The number of amides is 1. The lowest BCUT2D eigenvalue weighted by molar-refractivity contribution is -0.173. The highest BCUT2D eigenvalue weighted by Crippen LogP contribution is 2.40. The SMILES string of the molecule is CCN(C(C)=O)C1(C(=O)O)CN2CCC1CC2. The number of piperidine rings is 3. The van der Waals surface area contributed by atoms with E-state index in [9.17, 15) is 14.7 Å². The number of carboxylic acid groups (broad SMARTS) is 1. The molecule has 1 unspecified atom stereocenters. The molecule has 1 amide bonds. The molecule has 3 aliphatic rings. The number of hydrogen-bond donors (Lipinski definition) is 1. The fourth-order valence-electron chi connectivity index (χ4n) is 3.49. The van der Waals surface area contributed by atoms with E-state index in [-0.39, 0.29) is 11.8 Å². The summed E-state index contributed by atoms with van der Waals surface area (Å²) in [5.41, 5.74) is -0.989. The van der Waals surface area contributed by atoms with Crippen LogP contribution in [0.15, 0.2) is 0 Å². The lowest BCUT2D eigenvalue weighted by Crippen LogP contribution is -2.71. The molecule has 0 aromatic heterocycles. The fourth-order valence-corrected chi connectivity index (χ4v) is 3.49. The van der Waals surface area contributed by atoms with E-state index in [4.69, 9.17) is 0 Å². The van der Waals surface area contributed by atoms with Crippen molar-refractivity contribution in [2.75, 3.05) is 26.2 Å². The first-order valence-corrected chi connectivity index (χ1v) is 6.26. The third-order valence-corrected chi connectivity index (χ3v) is 4.28. The molecular weight excluding hydrogens is 220 g/mol. The van der Waals surface area contributed by atoms with Crippen LogP contribution in [0.3, 0.4) is 0 Å². The summed E-state index contributed by atoms with van der Waals surface area (Å²) >= 11 is 0. The van der Waals surface area contributed by atoms with Crippen molar-refractivity contribution < 1.29 is 14.7 Å². The molecule has 3 fully saturated rings. The number of fused-ring (bicyclic) bond motifs is 3. The van der Waals surface area contributed by atoms with Crippen LogP contribution in [0, 0.1) is 5.92 Å². The van der Waals surface area contributed by atoms with Gasteiger partial charge in [-0.1, -0.05) is 0 Å². The van der Waals surface area contributed by atoms with E-state index in [1.165, 1.54) is 6.92 Å². The molecule has 5 nitrogen and oxygen atoms in total. The van der Waals surface area contributed by atoms with E-state index in [1.807, 2.05) is 6.92 Å². The summed E-state index contributed by atoms with van der Waals surface area (Å²) in [4.78, 5) is 27.2. The van der Waals surface area contributed by atoms with E-state index < -0.39 is 11.5 Å². The summed E-state index contributed by atoms with van der Waals surface area (Å²) < 4.78 is 0. The van der Waals surface area contributed by atoms with Gasteiger partial charge in [-0.2, -0.15) is 0 Å². The Morgan fingerprint density at radius 1 is 1.41 bits per heavy atom. The smallest absolute Gasteiger partial charge is 0.331 e. The number of carboxylic acids is 1. The summed E-state index contributed by atoms with van der Waals surface area (Å²) in [6.45, 7) is 6.20. The molecule has 17 heavy (non-hydrogen) atoms. The summed E-state index contributed by atoms with van der Waals surface area (Å²) in [6.07, 6.45) is 1.77. The average Bonchev–Trinajstić information content (AvgIpc) is 2.30. The van der Waals surface area contributed by atoms with Crippen LogP contribution in [-0.2, 0) is 9.59 Å². The van der Waals surface area contributed by atoms with E-state index in [2.05, 4.69) is 4.90 Å². The Morgan fingerprint density at radius 2 is 2.00 bits per heavy atom. The molecule has 1 atom stereocenters. The first-order valence-electron chi connectivity index (χ1n) is 6.26. The maximum atomic E-state index is 11.8. The second kappa shape index (κ2) is 4.29. The number of nitrogens with zero attached hydrogens (tertiary/aromatic N) is 2. The summed E-state index contributed by atoms with van der Waals surface area (Å²) in [6, 6.07) is 0. The number of carbonyl (C=O) groups excluding carboxylic acids is 1. The Morgan fingerprint density at radius 3 is 2.29 bits per heavy atom. The first-order chi connectivity index (χ1) is 8.02. The first kappa shape index (κ1) is 12.4. The molecule has 0 aromatic carbocycles. The van der Waals surface area contributed by atoms with E-state index in [0.717, 1.165) is 25.9 Å². The number of carbonyl (C=O) groups is 2. The Labute approximate surface area is 101 Å². The van der Waals surface area contributed by atoms with Crippen molar-refractivity contribution in [1.29, 1.82) is 0 Å². The predicted molar refractivity (Wildman–Crippen MR) is 62.6 cm³/mol. The second-order valence-corrected chi connectivity index (χ2v) is 5.04. The molecule has 1 N–H and O–H groups in total. The lowest BCUT2D eigenvalue weighted by Gasteiger charge is -2.54. The van der Waals surface area contributed by atoms with E-state index >= 15 is 0 Å². The molecule has 0 aliphatic carbocycles. The van der Waals surface area contributed by atoms with Gasteiger partial charge < -0.3 is 14.9 Å². The van der Waals surface area contributed by atoms with Gasteiger partial charge in [-0.15, -0.1) is 0 Å². The topological polar surface area (TPSA) is 60.9 Å². The molecule has 5 heteroatoms. The monoisotopic (exact) mass is 240 g/mol. The average molecular weight is 240 g/mol. The Balaban J connectivity index is 2.39. The molecule has 0 saturated carbocycles. The zero-order chi connectivity index (χ0) is 12.6. The van der Waals surface area contributed by atoms with Gasteiger partial charge in [0.25, 0.3) is 0 Å². The van der Waals surface area contributed by atoms with Crippen LogP contribution in [0.1, 0.15) is 26.7 Å². The van der Waals surface area contributed by atoms with Gasteiger partial charge >= 0.3 is 5.97 Å². The highest BCUT2D eigenvalue weighted by molar-refractivity contribution is 5.87. The molecule has 0 aromatic rings. The second-order valence-electron chi connectivity index (χ2n) is 5.04. The third kappa shape index (κ3) is 1.73. The maximum Gasteiger partial charge on any atom is 0.331 e. The zero-order valence-corrected chi connectivity index (χ0v) is 10.5. The van der Waals surface area contributed by atoms with Crippen molar-refractivity contribution in [1.82, 2.24) is 9.80 Å². The molecular formula is C12H20N2O3. The summed E-state index contributed by atoms with van der Waals surface area (Å²) in [5.74, 6) is -0.874. The van der Waals surface area contributed by atoms with Crippen LogP contribution < -0.4 is 0 Å². The predicted octanol–water partition coefficient (Wildman–Crippen LogP) is 0.404. The van der Waals surface area contributed by atoms with Crippen molar-refractivity contribution in [2.45, 2.75) is 32.2 Å². The summed E-state index contributed by atoms with van der Waals surface area (Å²) in [5, 5.41) is 9.64. The van der Waals surface area contributed by atoms with Crippen LogP contribution in [-0.4, -0.2) is 58.5 Å². The van der Waals surface area contributed by atoms with Gasteiger partial charge in [-0.3, -0.25) is 4.79 Å². The maximum absolute atomic E-state index is 11.8. The molecule has 3 rings (SSSR count). The Kier molecular flexibility index (Phi) is 3.12. The van der Waals surface area contributed by atoms with Gasteiger partial charge in [0.05, 0.1) is 0 Å². The van der Waals surface area contributed by atoms with Gasteiger partial charge in [-0.25, -0.2) is 4.79 Å². The quantitative estimate of drug-likeness (QED) is 0.776. The molecule has 3 saturated heterocycles. The number of aliphatic carboxylic acids is 1. The van der Waals surface area contributed by atoms with Crippen molar-refractivity contribution >= 4 is 11.9 Å². The normalized spacial score (nSPS) is 35.6. The van der Waals surface area contributed by atoms with Crippen LogP contribution in [0.5, 0.6) is 0 Å². The number of hydrogen-bond acceptors (Lipinski definition) is 3. The molecule has 96 valence electrons. The highest BCUT2D eigenvalue weighted by Gasteiger charge is 2.56. The minimum absolute atomic E-state index is 0.105. The minimum atomic E-state index is -0.989. The Hall–Kier alpha value is -1.10. The van der Waals surface area contributed by atoms with Crippen LogP contribution in [0.4, 0.5) is 0 Å². The van der Waals surface area contributed by atoms with E-state index in [0.29, 0.717) is 13.1 Å². The third-order valence-electron chi connectivity index (χ3n) is 4.28. The van der Waals surface area contributed by atoms with Crippen LogP contribution in [0.25, 0.3) is 0 Å². The Bertz CT molecular complexity index is 337. The van der Waals surface area contributed by atoms with Crippen molar-refractivity contribution in [3.05, 3.63) is 0 Å². The van der Waals surface area contributed by atoms with Crippen molar-refractivity contribution in [3.63, 3.8) is 0 Å². The van der Waals surface area contributed by atoms with Crippen molar-refractivity contribution in [2.24, 2.45) is 5.92 Å². The van der Waals surface area contributed by atoms with E-state index in [1.54, 1.807) is 4.90 Å². The fraction of sp³-hybridized carbons (Fsp3) is 0.833. The van der Waals surface area contributed by atoms with Gasteiger partial charge in [0.1, 0.15) is 0 Å². The molecule has 2 bridgehead atoms. The molecule has 0 radical (unpaired) electrons. The summed E-state index contributed by atoms with van der Waals surface area (Å²) in [7, 11) is 0. The van der Waals surface area contributed by atoms with Gasteiger partial charge in [0.2, 0.25) is 5.91 Å².